The fourth-order valence-electron chi connectivity index (χ4n) is 3.80. The molecule has 1 fully saturated rings. The van der Waals surface area contributed by atoms with Crippen LogP contribution >= 0.6 is 0 Å². The molecule has 0 bridgehead atoms. The molecule has 6 nitrogen and oxygen atoms in total. The van der Waals surface area contributed by atoms with Gasteiger partial charge in [-0.3, -0.25) is 14.5 Å². The van der Waals surface area contributed by atoms with Gasteiger partial charge in [0.25, 0.3) is 5.91 Å². The summed E-state index contributed by atoms with van der Waals surface area (Å²) < 4.78 is 0. The number of aryl methyl sites for hydroxylation is 1. The van der Waals surface area contributed by atoms with Crippen molar-refractivity contribution >= 4 is 23.2 Å². The second-order valence-electron chi connectivity index (χ2n) is 9.05. The smallest absolute Gasteiger partial charge is 0.251 e. The Labute approximate surface area is 192 Å². The van der Waals surface area contributed by atoms with E-state index in [9.17, 15) is 9.59 Å². The van der Waals surface area contributed by atoms with Gasteiger partial charge in [-0.2, -0.15) is 0 Å². The summed E-state index contributed by atoms with van der Waals surface area (Å²) in [6, 6.07) is 15.8. The number of piperazine rings is 1. The number of amides is 2. The first-order chi connectivity index (χ1) is 15.3. The van der Waals surface area contributed by atoms with E-state index in [4.69, 9.17) is 0 Å². The molecule has 2 amide bonds. The Morgan fingerprint density at radius 3 is 2.28 bits per heavy atom. The zero-order valence-corrected chi connectivity index (χ0v) is 19.7. The summed E-state index contributed by atoms with van der Waals surface area (Å²) in [6.07, 6.45) is 0.915. The Morgan fingerprint density at radius 2 is 1.66 bits per heavy atom. The summed E-state index contributed by atoms with van der Waals surface area (Å²) in [5.74, 6) is -0.191. The molecule has 0 aliphatic carbocycles. The Kier molecular flexibility index (Phi) is 8.28. The van der Waals surface area contributed by atoms with Gasteiger partial charge in [-0.25, -0.2) is 0 Å². The number of carbonyl (C=O) groups is 2. The molecule has 1 unspecified atom stereocenters. The molecule has 1 heterocycles. The highest BCUT2D eigenvalue weighted by molar-refractivity contribution is 5.96. The molecular formula is C26H36N4O2. The van der Waals surface area contributed by atoms with Crippen molar-refractivity contribution in [2.45, 2.75) is 40.2 Å². The topological polar surface area (TPSA) is 64.7 Å². The SMILES string of the molecule is Cc1cccc(N2CCN(CCC(C)NC(=O)c3ccc(NC(=O)C(C)C)cc3)CC2)c1. The van der Waals surface area contributed by atoms with E-state index in [0.717, 1.165) is 39.1 Å². The number of nitrogens with one attached hydrogen (secondary N) is 2. The zero-order chi connectivity index (χ0) is 23.1. The minimum absolute atomic E-state index is 0.0319. The maximum absolute atomic E-state index is 12.6. The minimum Gasteiger partial charge on any atom is -0.369 e. The minimum atomic E-state index is -0.0801. The Morgan fingerprint density at radius 1 is 0.969 bits per heavy atom. The summed E-state index contributed by atoms with van der Waals surface area (Å²) in [5.41, 5.74) is 3.91. The monoisotopic (exact) mass is 436 g/mol. The van der Waals surface area contributed by atoms with Crippen LogP contribution in [0.4, 0.5) is 11.4 Å². The lowest BCUT2D eigenvalue weighted by molar-refractivity contribution is -0.118. The van der Waals surface area contributed by atoms with Crippen molar-refractivity contribution in [2.75, 3.05) is 42.9 Å². The normalized spacial score (nSPS) is 15.5. The average molecular weight is 437 g/mol. The first-order valence-electron chi connectivity index (χ1n) is 11.6. The van der Waals surface area contributed by atoms with Crippen molar-refractivity contribution < 1.29 is 9.59 Å². The van der Waals surface area contributed by atoms with Crippen LogP contribution in [0.15, 0.2) is 48.5 Å². The second kappa shape index (κ2) is 11.1. The molecule has 2 N–H and O–H groups in total. The second-order valence-corrected chi connectivity index (χ2v) is 9.05. The van der Waals surface area contributed by atoms with E-state index >= 15 is 0 Å². The lowest BCUT2D eigenvalue weighted by Gasteiger charge is -2.36. The molecule has 6 heteroatoms. The predicted octanol–water partition coefficient (Wildman–Crippen LogP) is 3.92. The number of benzene rings is 2. The van der Waals surface area contributed by atoms with Gasteiger partial charge in [-0.05, 0) is 62.2 Å². The summed E-state index contributed by atoms with van der Waals surface area (Å²) >= 11 is 0. The number of anilines is 2. The Bertz CT molecular complexity index is 902. The molecule has 32 heavy (non-hydrogen) atoms. The van der Waals surface area contributed by atoms with E-state index in [-0.39, 0.29) is 23.8 Å². The highest BCUT2D eigenvalue weighted by Crippen LogP contribution is 2.18. The van der Waals surface area contributed by atoms with Crippen LogP contribution in [0.1, 0.15) is 43.1 Å². The molecular weight excluding hydrogens is 400 g/mol. The maximum atomic E-state index is 12.6. The average Bonchev–Trinajstić information content (AvgIpc) is 2.78. The highest BCUT2D eigenvalue weighted by Gasteiger charge is 2.18. The van der Waals surface area contributed by atoms with Crippen LogP contribution in [0.5, 0.6) is 0 Å². The van der Waals surface area contributed by atoms with Crippen LogP contribution < -0.4 is 15.5 Å². The molecule has 1 atom stereocenters. The van der Waals surface area contributed by atoms with Gasteiger partial charge in [-0.15, -0.1) is 0 Å². The van der Waals surface area contributed by atoms with Crippen LogP contribution in [0.25, 0.3) is 0 Å². The van der Waals surface area contributed by atoms with Gasteiger partial charge in [0, 0.05) is 61.6 Å². The molecule has 1 saturated heterocycles. The summed E-state index contributed by atoms with van der Waals surface area (Å²) in [4.78, 5) is 29.3. The molecule has 0 spiro atoms. The third-order valence-corrected chi connectivity index (χ3v) is 5.93. The third kappa shape index (κ3) is 6.82. The van der Waals surface area contributed by atoms with Crippen LogP contribution in [0.3, 0.4) is 0 Å². The van der Waals surface area contributed by atoms with Gasteiger partial charge in [-0.1, -0.05) is 26.0 Å². The van der Waals surface area contributed by atoms with E-state index in [1.165, 1.54) is 11.3 Å². The van der Waals surface area contributed by atoms with Crippen LogP contribution in [0.2, 0.25) is 0 Å². The van der Waals surface area contributed by atoms with Crippen molar-refractivity contribution in [3.8, 4) is 0 Å². The molecule has 3 rings (SSSR count). The lowest BCUT2D eigenvalue weighted by Crippen LogP contribution is -2.47. The lowest BCUT2D eigenvalue weighted by atomic mass is 10.1. The van der Waals surface area contributed by atoms with Gasteiger partial charge >= 0.3 is 0 Å². The van der Waals surface area contributed by atoms with E-state index in [2.05, 4.69) is 58.5 Å². The highest BCUT2D eigenvalue weighted by atomic mass is 16.2. The van der Waals surface area contributed by atoms with Crippen molar-refractivity contribution in [1.29, 1.82) is 0 Å². The molecule has 172 valence electrons. The van der Waals surface area contributed by atoms with Crippen LogP contribution in [-0.2, 0) is 4.79 Å². The quantitative estimate of drug-likeness (QED) is 0.658. The maximum Gasteiger partial charge on any atom is 0.251 e. The predicted molar refractivity (Wildman–Crippen MR) is 131 cm³/mol. The van der Waals surface area contributed by atoms with Gasteiger partial charge < -0.3 is 15.5 Å². The zero-order valence-electron chi connectivity index (χ0n) is 19.7. The fraction of sp³-hybridized carbons (Fsp3) is 0.462. The van der Waals surface area contributed by atoms with Gasteiger partial charge in [0.05, 0.1) is 0 Å². The Balaban J connectivity index is 1.40. The van der Waals surface area contributed by atoms with Gasteiger partial charge in [0.2, 0.25) is 5.91 Å². The number of hydrogen-bond acceptors (Lipinski definition) is 4. The van der Waals surface area contributed by atoms with Crippen LogP contribution in [0, 0.1) is 12.8 Å². The first-order valence-corrected chi connectivity index (χ1v) is 11.6. The standard InChI is InChI=1S/C26H36N4O2/c1-19(2)25(31)28-23-10-8-22(9-11-23)26(32)27-21(4)12-13-29-14-16-30(17-15-29)24-7-5-6-20(3)18-24/h5-11,18-19,21H,12-17H2,1-4H3,(H,27,32)(H,28,31). The summed E-state index contributed by atoms with van der Waals surface area (Å²) in [6.45, 7) is 13.0. The number of nitrogens with zero attached hydrogens (tertiary/aromatic N) is 2. The molecule has 0 saturated carbocycles. The molecule has 0 aromatic heterocycles. The number of hydrogen-bond donors (Lipinski definition) is 2. The van der Waals surface area contributed by atoms with Crippen molar-refractivity contribution in [3.63, 3.8) is 0 Å². The van der Waals surface area contributed by atoms with Crippen molar-refractivity contribution in [2.24, 2.45) is 5.92 Å². The van der Waals surface area contributed by atoms with Gasteiger partial charge in [0.1, 0.15) is 0 Å². The molecule has 1 aliphatic heterocycles. The van der Waals surface area contributed by atoms with E-state index in [1.807, 2.05) is 13.8 Å². The number of carbonyl (C=O) groups excluding carboxylic acids is 2. The van der Waals surface area contributed by atoms with Crippen LogP contribution in [-0.4, -0.2) is 55.5 Å². The van der Waals surface area contributed by atoms with E-state index in [1.54, 1.807) is 24.3 Å². The molecule has 0 radical (unpaired) electrons. The molecule has 2 aromatic rings. The van der Waals surface area contributed by atoms with Crippen molar-refractivity contribution in [3.05, 3.63) is 59.7 Å². The third-order valence-electron chi connectivity index (χ3n) is 5.93. The fourth-order valence-corrected chi connectivity index (χ4v) is 3.80. The molecule has 2 aromatic carbocycles. The number of rotatable bonds is 8. The summed E-state index contributed by atoms with van der Waals surface area (Å²) in [7, 11) is 0. The van der Waals surface area contributed by atoms with E-state index < -0.39 is 0 Å². The van der Waals surface area contributed by atoms with E-state index in [0.29, 0.717) is 11.3 Å². The summed E-state index contributed by atoms with van der Waals surface area (Å²) in [5, 5.41) is 5.93. The molecule has 1 aliphatic rings. The van der Waals surface area contributed by atoms with Crippen molar-refractivity contribution in [1.82, 2.24) is 10.2 Å². The largest absolute Gasteiger partial charge is 0.369 e. The Hall–Kier alpha value is -2.86. The van der Waals surface area contributed by atoms with Gasteiger partial charge in [0.15, 0.2) is 0 Å². The first kappa shape index (κ1) is 23.8.